The SMILES string of the molecule is C=C[C@@H]1CCCN1[S@](=O)C(C)(C)C. The fraction of sp³-hybridized carbons (Fsp3) is 0.800. The van der Waals surface area contributed by atoms with Gasteiger partial charge < -0.3 is 0 Å². The summed E-state index contributed by atoms with van der Waals surface area (Å²) in [6, 6.07) is 0.319. The molecule has 13 heavy (non-hydrogen) atoms. The van der Waals surface area contributed by atoms with Crippen molar-refractivity contribution in [1.29, 1.82) is 0 Å². The second kappa shape index (κ2) is 3.93. The van der Waals surface area contributed by atoms with Crippen LogP contribution < -0.4 is 0 Å². The molecule has 1 rings (SSSR count). The van der Waals surface area contributed by atoms with Gasteiger partial charge in [0.25, 0.3) is 0 Å². The topological polar surface area (TPSA) is 20.3 Å². The Bertz CT molecular complexity index is 219. The van der Waals surface area contributed by atoms with E-state index >= 15 is 0 Å². The quantitative estimate of drug-likeness (QED) is 0.627. The Hall–Kier alpha value is -0.150. The zero-order chi connectivity index (χ0) is 10.1. The molecule has 1 saturated heterocycles. The Balaban J connectivity index is 2.71. The molecule has 0 radical (unpaired) electrons. The van der Waals surface area contributed by atoms with Gasteiger partial charge in [-0.25, -0.2) is 8.51 Å². The summed E-state index contributed by atoms with van der Waals surface area (Å²) < 4.78 is 13.9. The van der Waals surface area contributed by atoms with E-state index in [1.54, 1.807) is 0 Å². The van der Waals surface area contributed by atoms with Crippen LogP contribution in [0.3, 0.4) is 0 Å². The van der Waals surface area contributed by atoms with Crippen molar-refractivity contribution in [2.24, 2.45) is 0 Å². The van der Waals surface area contributed by atoms with Gasteiger partial charge in [-0.2, -0.15) is 0 Å². The first kappa shape index (κ1) is 10.9. The molecule has 2 atom stereocenters. The van der Waals surface area contributed by atoms with Crippen LogP contribution in [0.1, 0.15) is 33.6 Å². The lowest BCUT2D eigenvalue weighted by molar-refractivity contribution is 0.457. The highest BCUT2D eigenvalue weighted by Gasteiger charge is 2.32. The van der Waals surface area contributed by atoms with E-state index in [1.165, 1.54) is 0 Å². The third kappa shape index (κ3) is 2.41. The maximum atomic E-state index is 12.0. The van der Waals surface area contributed by atoms with Crippen molar-refractivity contribution >= 4 is 11.0 Å². The fourth-order valence-corrected chi connectivity index (χ4v) is 3.00. The minimum absolute atomic E-state index is 0.147. The molecule has 1 aliphatic rings. The summed E-state index contributed by atoms with van der Waals surface area (Å²) >= 11 is 0. The van der Waals surface area contributed by atoms with Gasteiger partial charge in [0, 0.05) is 12.6 Å². The number of nitrogens with zero attached hydrogens (tertiary/aromatic N) is 1. The van der Waals surface area contributed by atoms with Gasteiger partial charge in [-0.05, 0) is 33.6 Å². The van der Waals surface area contributed by atoms with Crippen LogP contribution in [-0.4, -0.2) is 25.8 Å². The summed E-state index contributed by atoms with van der Waals surface area (Å²) in [7, 11) is -0.881. The first-order valence-electron chi connectivity index (χ1n) is 4.78. The van der Waals surface area contributed by atoms with Crippen LogP contribution in [0, 0.1) is 0 Å². The molecule has 0 N–H and O–H groups in total. The Kier molecular flexibility index (Phi) is 3.30. The van der Waals surface area contributed by atoms with E-state index in [9.17, 15) is 4.21 Å². The van der Waals surface area contributed by atoms with E-state index in [0.29, 0.717) is 6.04 Å². The minimum Gasteiger partial charge on any atom is -0.242 e. The minimum atomic E-state index is -0.881. The largest absolute Gasteiger partial charge is 0.242 e. The van der Waals surface area contributed by atoms with Gasteiger partial charge in [0.2, 0.25) is 0 Å². The highest BCUT2D eigenvalue weighted by Crippen LogP contribution is 2.25. The van der Waals surface area contributed by atoms with E-state index in [0.717, 1.165) is 19.4 Å². The van der Waals surface area contributed by atoms with Crippen molar-refractivity contribution in [3.05, 3.63) is 12.7 Å². The first-order chi connectivity index (χ1) is 5.96. The molecule has 0 aromatic heterocycles. The lowest BCUT2D eigenvalue weighted by Crippen LogP contribution is -2.39. The van der Waals surface area contributed by atoms with E-state index in [4.69, 9.17) is 0 Å². The number of rotatable bonds is 2. The third-order valence-electron chi connectivity index (χ3n) is 2.26. The average molecular weight is 201 g/mol. The lowest BCUT2D eigenvalue weighted by Gasteiger charge is -2.28. The van der Waals surface area contributed by atoms with Crippen LogP contribution in [0.5, 0.6) is 0 Å². The smallest absolute Gasteiger partial charge is 0.100 e. The predicted molar refractivity (Wildman–Crippen MR) is 57.8 cm³/mol. The molecule has 2 nitrogen and oxygen atoms in total. The average Bonchev–Trinajstić information content (AvgIpc) is 2.48. The molecule has 0 aromatic rings. The molecule has 1 fully saturated rings. The van der Waals surface area contributed by atoms with Gasteiger partial charge in [-0.1, -0.05) is 6.08 Å². The van der Waals surface area contributed by atoms with Gasteiger partial charge in [-0.15, -0.1) is 6.58 Å². The third-order valence-corrected chi connectivity index (χ3v) is 4.18. The molecule has 76 valence electrons. The fourth-order valence-electron chi connectivity index (χ4n) is 1.56. The molecule has 0 saturated carbocycles. The molecule has 3 heteroatoms. The summed E-state index contributed by atoms with van der Waals surface area (Å²) in [5.41, 5.74) is 0. The van der Waals surface area contributed by atoms with Gasteiger partial charge in [0.05, 0.1) is 4.75 Å². The van der Waals surface area contributed by atoms with Crippen LogP contribution >= 0.6 is 0 Å². The van der Waals surface area contributed by atoms with Gasteiger partial charge in [0.15, 0.2) is 0 Å². The van der Waals surface area contributed by atoms with Crippen LogP contribution in [0.15, 0.2) is 12.7 Å². The molecule has 0 bridgehead atoms. The second-order valence-corrected chi connectivity index (χ2v) is 6.64. The summed E-state index contributed by atoms with van der Waals surface area (Å²) in [6.07, 6.45) is 4.15. The molecule has 0 aromatic carbocycles. The molecule has 1 aliphatic heterocycles. The van der Waals surface area contributed by atoms with E-state index in [-0.39, 0.29) is 4.75 Å². The Morgan fingerprint density at radius 2 is 2.15 bits per heavy atom. The van der Waals surface area contributed by atoms with Crippen LogP contribution in [-0.2, 0) is 11.0 Å². The van der Waals surface area contributed by atoms with E-state index in [2.05, 4.69) is 10.9 Å². The summed E-state index contributed by atoms with van der Waals surface area (Å²) in [6.45, 7) is 10.8. The van der Waals surface area contributed by atoms with Gasteiger partial charge >= 0.3 is 0 Å². The molecular weight excluding hydrogens is 182 g/mol. The summed E-state index contributed by atoms with van der Waals surface area (Å²) in [5, 5.41) is 0. The van der Waals surface area contributed by atoms with Crippen molar-refractivity contribution in [2.75, 3.05) is 6.54 Å². The van der Waals surface area contributed by atoms with Crippen molar-refractivity contribution < 1.29 is 4.21 Å². The molecule has 0 amide bonds. The highest BCUT2D eigenvalue weighted by molar-refractivity contribution is 7.84. The number of hydrogen-bond acceptors (Lipinski definition) is 1. The Labute approximate surface area is 83.6 Å². The summed E-state index contributed by atoms with van der Waals surface area (Å²) in [5.74, 6) is 0. The standard InChI is InChI=1S/C10H19NOS/c1-5-9-7-6-8-11(9)13(12)10(2,3)4/h5,9H,1,6-8H2,2-4H3/t9-,13-/m1/s1. The second-order valence-electron chi connectivity index (χ2n) is 4.45. The van der Waals surface area contributed by atoms with Crippen LogP contribution in [0.2, 0.25) is 0 Å². The predicted octanol–water partition coefficient (Wildman–Crippen LogP) is 2.10. The monoisotopic (exact) mass is 201 g/mol. The maximum Gasteiger partial charge on any atom is 0.100 e. The zero-order valence-corrected chi connectivity index (χ0v) is 9.56. The molecule has 1 heterocycles. The van der Waals surface area contributed by atoms with Crippen LogP contribution in [0.25, 0.3) is 0 Å². The molecule has 0 unspecified atom stereocenters. The van der Waals surface area contributed by atoms with E-state index < -0.39 is 11.0 Å². The molecule has 0 spiro atoms. The molecule has 0 aliphatic carbocycles. The zero-order valence-electron chi connectivity index (χ0n) is 8.75. The molecular formula is C10H19NOS. The number of hydrogen-bond donors (Lipinski definition) is 0. The van der Waals surface area contributed by atoms with Gasteiger partial charge in [0.1, 0.15) is 11.0 Å². The van der Waals surface area contributed by atoms with Crippen molar-refractivity contribution in [2.45, 2.75) is 44.4 Å². The first-order valence-corrected chi connectivity index (χ1v) is 5.88. The highest BCUT2D eigenvalue weighted by atomic mass is 32.2. The van der Waals surface area contributed by atoms with Crippen molar-refractivity contribution in [1.82, 2.24) is 4.31 Å². The van der Waals surface area contributed by atoms with Crippen LogP contribution in [0.4, 0.5) is 0 Å². The maximum absolute atomic E-state index is 12.0. The Morgan fingerprint density at radius 3 is 2.62 bits per heavy atom. The Morgan fingerprint density at radius 1 is 1.54 bits per heavy atom. The van der Waals surface area contributed by atoms with Crippen molar-refractivity contribution in [3.63, 3.8) is 0 Å². The van der Waals surface area contributed by atoms with Crippen molar-refractivity contribution in [3.8, 4) is 0 Å². The van der Waals surface area contributed by atoms with E-state index in [1.807, 2.05) is 26.8 Å². The normalized spacial score (nSPS) is 27.5. The summed E-state index contributed by atoms with van der Waals surface area (Å²) in [4.78, 5) is 0. The van der Waals surface area contributed by atoms with Gasteiger partial charge in [-0.3, -0.25) is 0 Å². The lowest BCUT2D eigenvalue weighted by atomic mass is 10.2.